The van der Waals surface area contributed by atoms with Crippen molar-refractivity contribution in [2.45, 2.75) is 64.0 Å². The van der Waals surface area contributed by atoms with Crippen LogP contribution in [0.1, 0.15) is 51.9 Å². The van der Waals surface area contributed by atoms with Gasteiger partial charge in [-0.3, -0.25) is 9.59 Å². The van der Waals surface area contributed by atoms with Crippen LogP contribution in [0.3, 0.4) is 0 Å². The molecule has 0 aromatic rings. The van der Waals surface area contributed by atoms with Crippen molar-refractivity contribution < 1.29 is 19.1 Å². The summed E-state index contributed by atoms with van der Waals surface area (Å²) in [5.74, 6) is -0.214. The summed E-state index contributed by atoms with van der Waals surface area (Å²) in [6.45, 7) is 2.76. The molecule has 2 rings (SSSR count). The highest BCUT2D eigenvalue weighted by Crippen LogP contribution is 2.57. The number of hydrogen-bond donors (Lipinski definition) is 1. The predicted octanol–water partition coefficient (Wildman–Crippen LogP) is 1.79. The molecule has 0 aliphatic heterocycles. The normalized spacial score (nSPS) is 26.5. The first-order valence-electron chi connectivity index (χ1n) is 7.60. The Morgan fingerprint density at radius 2 is 2.05 bits per heavy atom. The molecule has 2 fully saturated rings. The van der Waals surface area contributed by atoms with Crippen LogP contribution in [0.5, 0.6) is 0 Å². The average molecular weight is 283 g/mol. The lowest BCUT2D eigenvalue weighted by Crippen LogP contribution is -2.67. The fourth-order valence-electron chi connectivity index (χ4n) is 3.40. The molecular formula is C15H25NO4. The zero-order chi connectivity index (χ0) is 14.6. The molecule has 114 valence electrons. The van der Waals surface area contributed by atoms with Crippen LogP contribution in [-0.2, 0) is 19.1 Å². The van der Waals surface area contributed by atoms with Gasteiger partial charge in [-0.2, -0.15) is 0 Å². The summed E-state index contributed by atoms with van der Waals surface area (Å²) in [5.41, 5.74) is 0.202. The highest BCUT2D eigenvalue weighted by molar-refractivity contribution is 5.77. The molecule has 1 spiro atoms. The van der Waals surface area contributed by atoms with Gasteiger partial charge >= 0.3 is 5.97 Å². The molecule has 0 aromatic heterocycles. The zero-order valence-electron chi connectivity index (χ0n) is 12.4. The molecule has 2 saturated carbocycles. The highest BCUT2D eigenvalue weighted by atomic mass is 16.5. The molecule has 0 heterocycles. The predicted molar refractivity (Wildman–Crippen MR) is 74.1 cm³/mol. The van der Waals surface area contributed by atoms with E-state index in [0.717, 1.165) is 25.9 Å². The Morgan fingerprint density at radius 1 is 1.30 bits per heavy atom. The second-order valence-corrected chi connectivity index (χ2v) is 5.82. The smallest absolute Gasteiger partial charge is 0.305 e. The van der Waals surface area contributed by atoms with Crippen molar-refractivity contribution >= 4 is 11.9 Å². The molecule has 2 unspecified atom stereocenters. The summed E-state index contributed by atoms with van der Waals surface area (Å²) in [4.78, 5) is 22.9. The lowest BCUT2D eigenvalue weighted by Gasteiger charge is -2.61. The Morgan fingerprint density at radius 3 is 2.60 bits per heavy atom. The number of ether oxygens (including phenoxy) is 2. The molecule has 2 aliphatic rings. The maximum absolute atomic E-state index is 11.9. The Balaban J connectivity index is 1.71. The van der Waals surface area contributed by atoms with E-state index in [1.165, 1.54) is 13.5 Å². The minimum Gasteiger partial charge on any atom is -0.469 e. The second kappa shape index (κ2) is 6.57. The third-order valence-electron chi connectivity index (χ3n) is 4.78. The van der Waals surface area contributed by atoms with Gasteiger partial charge in [-0.25, -0.2) is 0 Å². The van der Waals surface area contributed by atoms with Gasteiger partial charge in [0.15, 0.2) is 0 Å². The van der Waals surface area contributed by atoms with E-state index in [1.807, 2.05) is 6.92 Å². The van der Waals surface area contributed by atoms with Crippen molar-refractivity contribution in [2.24, 2.45) is 5.41 Å². The number of methoxy groups -OCH3 is 1. The van der Waals surface area contributed by atoms with Crippen LogP contribution in [0.15, 0.2) is 0 Å². The number of carbonyl (C=O) groups is 2. The molecule has 5 nitrogen and oxygen atoms in total. The molecule has 2 atom stereocenters. The number of amides is 1. The minimum atomic E-state index is -0.256. The lowest BCUT2D eigenvalue weighted by molar-refractivity contribution is -0.175. The van der Waals surface area contributed by atoms with Crippen LogP contribution in [-0.4, -0.2) is 37.7 Å². The van der Waals surface area contributed by atoms with E-state index in [2.05, 4.69) is 10.1 Å². The average Bonchev–Trinajstić information content (AvgIpc) is 2.35. The zero-order valence-corrected chi connectivity index (χ0v) is 12.4. The van der Waals surface area contributed by atoms with E-state index < -0.39 is 0 Å². The van der Waals surface area contributed by atoms with Gasteiger partial charge in [-0.15, -0.1) is 0 Å². The third-order valence-corrected chi connectivity index (χ3v) is 4.78. The Labute approximate surface area is 120 Å². The second-order valence-electron chi connectivity index (χ2n) is 5.82. The molecule has 0 radical (unpaired) electrons. The Bertz CT molecular complexity index is 365. The van der Waals surface area contributed by atoms with Gasteiger partial charge in [0.05, 0.1) is 13.2 Å². The van der Waals surface area contributed by atoms with Crippen molar-refractivity contribution in [2.75, 3.05) is 13.7 Å². The van der Waals surface area contributed by atoms with Crippen LogP contribution in [0.4, 0.5) is 0 Å². The van der Waals surface area contributed by atoms with Gasteiger partial charge in [0.25, 0.3) is 0 Å². The summed E-state index contributed by atoms with van der Waals surface area (Å²) in [5, 5.41) is 3.12. The maximum atomic E-state index is 11.9. The van der Waals surface area contributed by atoms with Crippen LogP contribution >= 0.6 is 0 Å². The van der Waals surface area contributed by atoms with Crippen LogP contribution < -0.4 is 5.32 Å². The van der Waals surface area contributed by atoms with Gasteiger partial charge < -0.3 is 14.8 Å². The first-order chi connectivity index (χ1) is 9.62. The van der Waals surface area contributed by atoms with E-state index in [-0.39, 0.29) is 23.3 Å². The van der Waals surface area contributed by atoms with Gasteiger partial charge in [-0.1, -0.05) is 6.42 Å². The Kier molecular flexibility index (Phi) is 5.02. The number of carbonyl (C=O) groups excluding carboxylic acids is 2. The largest absolute Gasteiger partial charge is 0.469 e. The first-order valence-corrected chi connectivity index (χ1v) is 7.60. The highest BCUT2D eigenvalue weighted by Gasteiger charge is 2.59. The fraction of sp³-hybridized carbons (Fsp3) is 0.867. The van der Waals surface area contributed by atoms with Crippen molar-refractivity contribution in [1.82, 2.24) is 5.32 Å². The van der Waals surface area contributed by atoms with Crippen molar-refractivity contribution in [3.8, 4) is 0 Å². The van der Waals surface area contributed by atoms with Gasteiger partial charge in [0.2, 0.25) is 5.91 Å². The molecule has 0 bridgehead atoms. The van der Waals surface area contributed by atoms with E-state index in [9.17, 15) is 9.59 Å². The maximum Gasteiger partial charge on any atom is 0.305 e. The molecule has 1 amide bonds. The van der Waals surface area contributed by atoms with E-state index in [0.29, 0.717) is 25.4 Å². The van der Waals surface area contributed by atoms with Crippen molar-refractivity contribution in [1.29, 1.82) is 0 Å². The minimum absolute atomic E-state index is 0.0418. The summed E-state index contributed by atoms with van der Waals surface area (Å²) < 4.78 is 10.3. The molecule has 0 aromatic carbocycles. The van der Waals surface area contributed by atoms with E-state index in [4.69, 9.17) is 4.74 Å². The molecule has 0 saturated heterocycles. The Hall–Kier alpha value is -1.10. The van der Waals surface area contributed by atoms with E-state index in [1.54, 1.807) is 0 Å². The quantitative estimate of drug-likeness (QED) is 0.724. The molecular weight excluding hydrogens is 258 g/mol. The topological polar surface area (TPSA) is 64.6 Å². The summed E-state index contributed by atoms with van der Waals surface area (Å²) in [6, 6.07) is 0.262. The summed E-state index contributed by atoms with van der Waals surface area (Å²) in [7, 11) is 1.37. The lowest BCUT2D eigenvalue weighted by atomic mass is 9.51. The van der Waals surface area contributed by atoms with Gasteiger partial charge in [0.1, 0.15) is 0 Å². The standard InChI is InChI=1S/C15H25NO4/c1-3-20-12-10-11(15(12)8-5-9-15)16-13(17)6-4-7-14(18)19-2/h11-12H,3-10H2,1-2H3,(H,16,17). The monoisotopic (exact) mass is 283 g/mol. The third kappa shape index (κ3) is 2.97. The first kappa shape index (κ1) is 15.3. The number of hydrogen-bond acceptors (Lipinski definition) is 4. The molecule has 2 aliphatic carbocycles. The SMILES string of the molecule is CCOC1CC(NC(=O)CCCC(=O)OC)C12CCC2. The van der Waals surface area contributed by atoms with Crippen molar-refractivity contribution in [3.63, 3.8) is 0 Å². The van der Waals surface area contributed by atoms with Crippen LogP contribution in [0.2, 0.25) is 0 Å². The number of esters is 1. The van der Waals surface area contributed by atoms with Crippen LogP contribution in [0.25, 0.3) is 0 Å². The summed E-state index contributed by atoms with van der Waals surface area (Å²) >= 11 is 0. The van der Waals surface area contributed by atoms with E-state index >= 15 is 0 Å². The van der Waals surface area contributed by atoms with Gasteiger partial charge in [0, 0.05) is 30.9 Å². The van der Waals surface area contributed by atoms with Gasteiger partial charge in [-0.05, 0) is 32.6 Å². The van der Waals surface area contributed by atoms with Crippen LogP contribution in [0, 0.1) is 5.41 Å². The molecule has 5 heteroatoms. The number of rotatable bonds is 7. The number of nitrogens with one attached hydrogen (secondary N) is 1. The fourth-order valence-corrected chi connectivity index (χ4v) is 3.40. The molecule has 1 N–H and O–H groups in total. The van der Waals surface area contributed by atoms with Crippen molar-refractivity contribution in [3.05, 3.63) is 0 Å². The summed E-state index contributed by atoms with van der Waals surface area (Å²) in [6.07, 6.45) is 6.04. The molecule has 20 heavy (non-hydrogen) atoms.